The molecule has 0 bridgehead atoms. The van der Waals surface area contributed by atoms with Crippen LogP contribution in [0.1, 0.15) is 31.4 Å². The summed E-state index contributed by atoms with van der Waals surface area (Å²) in [4.78, 5) is 6.89. The second-order valence-corrected chi connectivity index (χ2v) is 5.57. The lowest BCUT2D eigenvalue weighted by Crippen LogP contribution is -2.37. The highest BCUT2D eigenvalue weighted by atomic mass is 15.2. The second kappa shape index (κ2) is 5.58. The minimum absolute atomic E-state index is 0.522. The first-order chi connectivity index (χ1) is 9.36. The molecule has 1 saturated carbocycles. The van der Waals surface area contributed by atoms with E-state index in [2.05, 4.69) is 21.3 Å². The second-order valence-electron chi connectivity index (χ2n) is 5.57. The van der Waals surface area contributed by atoms with Crippen LogP contribution in [0.25, 0.3) is 0 Å². The molecule has 0 atom stereocenters. The number of nitriles is 1. The highest BCUT2D eigenvalue weighted by molar-refractivity contribution is 5.44. The van der Waals surface area contributed by atoms with Crippen molar-refractivity contribution in [3.05, 3.63) is 23.9 Å². The molecule has 0 radical (unpaired) electrons. The molecule has 2 aliphatic rings. The molecule has 4 nitrogen and oxygen atoms in total. The van der Waals surface area contributed by atoms with Crippen molar-refractivity contribution in [3.8, 4) is 6.07 Å². The van der Waals surface area contributed by atoms with Gasteiger partial charge in [-0.05, 0) is 56.8 Å². The summed E-state index contributed by atoms with van der Waals surface area (Å²) in [5, 5.41) is 12.4. The SMILES string of the molecule is N#Cc1cccc(N(CC2CCNCC2)C2CC2)n1. The third-order valence-electron chi connectivity index (χ3n) is 4.04. The number of hydrogen-bond donors (Lipinski definition) is 1. The van der Waals surface area contributed by atoms with E-state index in [1.165, 1.54) is 25.7 Å². The zero-order valence-electron chi connectivity index (χ0n) is 11.2. The molecular weight excluding hydrogens is 236 g/mol. The van der Waals surface area contributed by atoms with Gasteiger partial charge in [0.05, 0.1) is 0 Å². The van der Waals surface area contributed by atoms with Crippen molar-refractivity contribution >= 4 is 5.82 Å². The molecule has 1 aromatic heterocycles. The fraction of sp³-hybridized carbons (Fsp3) is 0.600. The van der Waals surface area contributed by atoms with Crippen LogP contribution in [0, 0.1) is 17.2 Å². The number of anilines is 1. The molecule has 2 heterocycles. The van der Waals surface area contributed by atoms with E-state index in [4.69, 9.17) is 5.26 Å². The van der Waals surface area contributed by atoms with Crippen molar-refractivity contribution in [2.75, 3.05) is 24.5 Å². The van der Waals surface area contributed by atoms with Gasteiger partial charge in [0.1, 0.15) is 17.6 Å². The molecule has 3 rings (SSSR count). The first-order valence-corrected chi connectivity index (χ1v) is 7.21. The van der Waals surface area contributed by atoms with Gasteiger partial charge >= 0.3 is 0 Å². The average molecular weight is 256 g/mol. The monoisotopic (exact) mass is 256 g/mol. The Labute approximate surface area is 114 Å². The lowest BCUT2D eigenvalue weighted by Gasteiger charge is -2.31. The topological polar surface area (TPSA) is 52.0 Å². The minimum Gasteiger partial charge on any atom is -0.353 e. The van der Waals surface area contributed by atoms with Crippen LogP contribution in [0.15, 0.2) is 18.2 Å². The van der Waals surface area contributed by atoms with Gasteiger partial charge < -0.3 is 10.2 Å². The fourth-order valence-electron chi connectivity index (χ4n) is 2.80. The molecule has 100 valence electrons. The molecular formula is C15H20N4. The van der Waals surface area contributed by atoms with Gasteiger partial charge in [0, 0.05) is 12.6 Å². The van der Waals surface area contributed by atoms with Crippen molar-refractivity contribution in [1.82, 2.24) is 10.3 Å². The van der Waals surface area contributed by atoms with Crippen LogP contribution in [-0.4, -0.2) is 30.7 Å². The van der Waals surface area contributed by atoms with Crippen molar-refractivity contribution in [1.29, 1.82) is 5.26 Å². The van der Waals surface area contributed by atoms with Gasteiger partial charge in [-0.15, -0.1) is 0 Å². The van der Waals surface area contributed by atoms with Gasteiger partial charge in [0.2, 0.25) is 0 Å². The first-order valence-electron chi connectivity index (χ1n) is 7.21. The van der Waals surface area contributed by atoms with Crippen LogP contribution in [0.2, 0.25) is 0 Å². The maximum Gasteiger partial charge on any atom is 0.142 e. The molecule has 2 fully saturated rings. The Bertz CT molecular complexity index is 469. The number of aromatic nitrogens is 1. The number of hydrogen-bond acceptors (Lipinski definition) is 4. The van der Waals surface area contributed by atoms with E-state index in [9.17, 15) is 0 Å². The van der Waals surface area contributed by atoms with Gasteiger partial charge in [-0.3, -0.25) is 0 Å². The zero-order chi connectivity index (χ0) is 13.1. The highest BCUT2D eigenvalue weighted by Crippen LogP contribution is 2.32. The maximum atomic E-state index is 8.98. The fourth-order valence-corrected chi connectivity index (χ4v) is 2.80. The summed E-state index contributed by atoms with van der Waals surface area (Å²) < 4.78 is 0. The van der Waals surface area contributed by atoms with Crippen molar-refractivity contribution in [2.45, 2.75) is 31.7 Å². The van der Waals surface area contributed by atoms with Crippen molar-refractivity contribution < 1.29 is 0 Å². The standard InChI is InChI=1S/C15H20N4/c16-10-13-2-1-3-15(18-13)19(14-4-5-14)11-12-6-8-17-9-7-12/h1-3,12,14,17H,4-9,11H2. The summed E-state index contributed by atoms with van der Waals surface area (Å²) in [7, 11) is 0. The van der Waals surface area contributed by atoms with Crippen LogP contribution in [0.4, 0.5) is 5.82 Å². The van der Waals surface area contributed by atoms with Gasteiger partial charge in [-0.2, -0.15) is 5.26 Å². The molecule has 0 aromatic carbocycles. The Morgan fingerprint density at radius 3 is 2.74 bits per heavy atom. The van der Waals surface area contributed by atoms with Crippen LogP contribution in [0.3, 0.4) is 0 Å². The molecule has 19 heavy (non-hydrogen) atoms. The maximum absolute atomic E-state index is 8.98. The zero-order valence-corrected chi connectivity index (χ0v) is 11.2. The van der Waals surface area contributed by atoms with Crippen LogP contribution in [0.5, 0.6) is 0 Å². The van der Waals surface area contributed by atoms with E-state index in [1.807, 2.05) is 12.1 Å². The molecule has 0 amide bonds. The van der Waals surface area contributed by atoms with Crippen LogP contribution >= 0.6 is 0 Å². The normalized spacial score (nSPS) is 19.9. The molecule has 4 heteroatoms. The largest absolute Gasteiger partial charge is 0.353 e. The summed E-state index contributed by atoms with van der Waals surface area (Å²) in [6, 6.07) is 8.55. The third kappa shape index (κ3) is 3.05. The van der Waals surface area contributed by atoms with E-state index in [1.54, 1.807) is 6.07 Å². The number of pyridine rings is 1. The van der Waals surface area contributed by atoms with E-state index in [-0.39, 0.29) is 0 Å². The Morgan fingerprint density at radius 2 is 2.05 bits per heavy atom. The smallest absolute Gasteiger partial charge is 0.142 e. The average Bonchev–Trinajstić information content (AvgIpc) is 3.30. The van der Waals surface area contributed by atoms with E-state index < -0.39 is 0 Å². The third-order valence-corrected chi connectivity index (χ3v) is 4.04. The minimum atomic E-state index is 0.522. The van der Waals surface area contributed by atoms with Crippen molar-refractivity contribution in [2.24, 2.45) is 5.92 Å². The Kier molecular flexibility index (Phi) is 3.65. The predicted molar refractivity (Wildman–Crippen MR) is 74.9 cm³/mol. The van der Waals surface area contributed by atoms with E-state index >= 15 is 0 Å². The Morgan fingerprint density at radius 1 is 1.26 bits per heavy atom. The quantitative estimate of drug-likeness (QED) is 0.894. The summed E-state index contributed by atoms with van der Waals surface area (Å²) in [5.74, 6) is 1.74. The summed E-state index contributed by atoms with van der Waals surface area (Å²) in [6.07, 6.45) is 5.04. The number of rotatable bonds is 4. The van der Waals surface area contributed by atoms with E-state index in [0.717, 1.165) is 31.4 Å². The Balaban J connectivity index is 1.74. The summed E-state index contributed by atoms with van der Waals surface area (Å²) in [6.45, 7) is 3.36. The van der Waals surface area contributed by atoms with Crippen LogP contribution < -0.4 is 10.2 Å². The molecule has 1 aromatic rings. The van der Waals surface area contributed by atoms with Gasteiger partial charge in [-0.1, -0.05) is 6.07 Å². The van der Waals surface area contributed by atoms with Crippen LogP contribution in [-0.2, 0) is 0 Å². The molecule has 1 aliphatic heterocycles. The molecule has 0 spiro atoms. The molecule has 1 saturated heterocycles. The molecule has 1 aliphatic carbocycles. The Hall–Kier alpha value is -1.60. The predicted octanol–water partition coefficient (Wildman–Crippen LogP) is 1.92. The van der Waals surface area contributed by atoms with Crippen molar-refractivity contribution in [3.63, 3.8) is 0 Å². The van der Waals surface area contributed by atoms with Gasteiger partial charge in [0.15, 0.2) is 0 Å². The summed E-state index contributed by atoms with van der Waals surface area (Å²) >= 11 is 0. The van der Waals surface area contributed by atoms with E-state index in [0.29, 0.717) is 11.7 Å². The van der Waals surface area contributed by atoms with Gasteiger partial charge in [-0.25, -0.2) is 4.98 Å². The number of piperidine rings is 1. The lowest BCUT2D eigenvalue weighted by atomic mass is 9.97. The summed E-state index contributed by atoms with van der Waals surface area (Å²) in [5.41, 5.74) is 0.522. The highest BCUT2D eigenvalue weighted by Gasteiger charge is 2.31. The number of nitrogens with zero attached hydrogens (tertiary/aromatic N) is 3. The lowest BCUT2D eigenvalue weighted by molar-refractivity contribution is 0.372. The molecule has 1 N–H and O–H groups in total. The van der Waals surface area contributed by atoms with Gasteiger partial charge in [0.25, 0.3) is 0 Å². The molecule has 0 unspecified atom stereocenters. The first kappa shape index (κ1) is 12.4. The number of nitrogens with one attached hydrogen (secondary N) is 1.